The third kappa shape index (κ3) is 1.66. The van der Waals surface area contributed by atoms with Gasteiger partial charge in [-0.3, -0.25) is 5.84 Å². The zero-order valence-corrected chi connectivity index (χ0v) is 7.04. The molecule has 1 aliphatic rings. The first-order valence-corrected chi connectivity index (χ1v) is 3.97. The molecule has 1 heterocycles. The molecule has 70 valence electrons. The van der Waals surface area contributed by atoms with Crippen molar-refractivity contribution in [3.8, 4) is 11.5 Å². The fourth-order valence-corrected chi connectivity index (χ4v) is 1.16. The summed E-state index contributed by atoms with van der Waals surface area (Å²) in [5.74, 6) is 6.67. The van der Waals surface area contributed by atoms with Crippen molar-refractivity contribution in [2.24, 2.45) is 5.84 Å². The molecule has 0 amide bonds. The fraction of sp³-hybridized carbons (Fsp3) is 0.250. The van der Waals surface area contributed by atoms with Crippen molar-refractivity contribution in [3.05, 3.63) is 18.2 Å². The molecule has 0 radical (unpaired) electrons. The third-order valence-electron chi connectivity index (χ3n) is 1.77. The largest absolute Gasteiger partial charge is 0.454 e. The van der Waals surface area contributed by atoms with Crippen LogP contribution in [0.5, 0.6) is 11.5 Å². The number of benzene rings is 1. The Balaban J connectivity index is 2.12. The van der Waals surface area contributed by atoms with Crippen LogP contribution in [-0.4, -0.2) is 13.5 Å². The Morgan fingerprint density at radius 1 is 1.31 bits per heavy atom. The van der Waals surface area contributed by atoms with Gasteiger partial charge in [-0.1, -0.05) is 0 Å². The lowest BCUT2D eigenvalue weighted by molar-refractivity contribution is 0.174. The lowest BCUT2D eigenvalue weighted by Crippen LogP contribution is -2.28. The lowest BCUT2D eigenvalue weighted by atomic mass is 10.3. The van der Waals surface area contributed by atoms with Gasteiger partial charge >= 0.3 is 0 Å². The Kier molecular flexibility index (Phi) is 2.20. The number of nitrogens with two attached hydrogens (primary N) is 1. The molecule has 0 saturated carbocycles. The highest BCUT2D eigenvalue weighted by Gasteiger charge is 2.12. The Bertz CT molecular complexity index is 303. The van der Waals surface area contributed by atoms with Gasteiger partial charge in [-0.25, -0.2) is 5.43 Å². The minimum atomic E-state index is 0.300. The van der Waals surface area contributed by atoms with E-state index in [0.29, 0.717) is 13.5 Å². The van der Waals surface area contributed by atoms with Crippen molar-refractivity contribution in [1.29, 1.82) is 0 Å². The molecule has 2 rings (SSSR count). The van der Waals surface area contributed by atoms with E-state index in [4.69, 9.17) is 15.3 Å². The van der Waals surface area contributed by atoms with E-state index < -0.39 is 0 Å². The van der Waals surface area contributed by atoms with Gasteiger partial charge in [-0.2, -0.15) is 0 Å². The van der Waals surface area contributed by atoms with Crippen LogP contribution in [0.25, 0.3) is 0 Å². The molecule has 1 aliphatic heterocycles. The number of hydrogen-bond acceptors (Lipinski definition) is 5. The van der Waals surface area contributed by atoms with Crippen LogP contribution in [0.3, 0.4) is 0 Å². The summed E-state index contributed by atoms with van der Waals surface area (Å²) < 4.78 is 10.4. The average Bonchev–Trinajstić information content (AvgIpc) is 2.61. The Morgan fingerprint density at radius 3 is 3.00 bits per heavy atom. The zero-order valence-electron chi connectivity index (χ0n) is 7.04. The molecule has 5 nitrogen and oxygen atoms in total. The van der Waals surface area contributed by atoms with Gasteiger partial charge < -0.3 is 14.8 Å². The molecule has 0 atom stereocenters. The zero-order chi connectivity index (χ0) is 9.10. The quantitative estimate of drug-likeness (QED) is 0.354. The second-order valence-corrected chi connectivity index (χ2v) is 2.63. The minimum Gasteiger partial charge on any atom is -0.454 e. The highest BCUT2D eigenvalue weighted by molar-refractivity contribution is 5.55. The maximum Gasteiger partial charge on any atom is 0.231 e. The van der Waals surface area contributed by atoms with Crippen molar-refractivity contribution in [2.75, 3.05) is 18.8 Å². The molecule has 0 spiro atoms. The number of ether oxygens (including phenoxy) is 2. The van der Waals surface area contributed by atoms with Crippen molar-refractivity contribution in [1.82, 2.24) is 5.43 Å². The summed E-state index contributed by atoms with van der Waals surface area (Å²) in [5, 5.41) is 3.05. The molecular weight excluding hydrogens is 170 g/mol. The van der Waals surface area contributed by atoms with Gasteiger partial charge in [-0.15, -0.1) is 0 Å². The fourth-order valence-electron chi connectivity index (χ4n) is 1.16. The van der Waals surface area contributed by atoms with Gasteiger partial charge in [0.2, 0.25) is 6.79 Å². The molecule has 0 fully saturated rings. The Labute approximate surface area is 75.8 Å². The van der Waals surface area contributed by atoms with E-state index in [2.05, 4.69) is 10.7 Å². The lowest BCUT2D eigenvalue weighted by Gasteiger charge is -2.05. The van der Waals surface area contributed by atoms with Crippen molar-refractivity contribution >= 4 is 5.69 Å². The maximum absolute atomic E-state index is 5.21. The van der Waals surface area contributed by atoms with Crippen LogP contribution in [0.2, 0.25) is 0 Å². The van der Waals surface area contributed by atoms with Crippen LogP contribution >= 0.6 is 0 Å². The van der Waals surface area contributed by atoms with E-state index >= 15 is 0 Å². The predicted octanol–water partition coefficient (Wildman–Crippen LogP) is 0.248. The highest BCUT2D eigenvalue weighted by atomic mass is 16.7. The Morgan fingerprint density at radius 2 is 2.15 bits per heavy atom. The van der Waals surface area contributed by atoms with Gasteiger partial charge in [0.25, 0.3) is 0 Å². The monoisotopic (exact) mass is 181 g/mol. The average molecular weight is 181 g/mol. The molecule has 4 N–H and O–H groups in total. The smallest absolute Gasteiger partial charge is 0.231 e. The number of fused-ring (bicyclic) bond motifs is 1. The summed E-state index contributed by atoms with van der Waals surface area (Å²) in [4.78, 5) is 0. The molecule has 5 heteroatoms. The maximum atomic E-state index is 5.21. The summed E-state index contributed by atoms with van der Waals surface area (Å²) in [6.45, 7) is 0.813. The van der Waals surface area contributed by atoms with E-state index in [9.17, 15) is 0 Å². The van der Waals surface area contributed by atoms with E-state index in [1.807, 2.05) is 18.2 Å². The normalized spacial score (nSPS) is 13.0. The van der Waals surface area contributed by atoms with E-state index in [1.165, 1.54) is 0 Å². The summed E-state index contributed by atoms with van der Waals surface area (Å²) in [7, 11) is 0. The SMILES string of the molecule is NNCNc1ccc2c(c1)OCO2. The molecule has 13 heavy (non-hydrogen) atoms. The number of nitrogens with one attached hydrogen (secondary N) is 2. The van der Waals surface area contributed by atoms with E-state index in [-0.39, 0.29) is 0 Å². The van der Waals surface area contributed by atoms with Crippen molar-refractivity contribution in [3.63, 3.8) is 0 Å². The van der Waals surface area contributed by atoms with Crippen LogP contribution in [-0.2, 0) is 0 Å². The second-order valence-electron chi connectivity index (χ2n) is 2.63. The molecule has 0 saturated heterocycles. The number of anilines is 1. The summed E-state index contributed by atoms with van der Waals surface area (Å²) in [6, 6.07) is 5.64. The first kappa shape index (κ1) is 8.15. The minimum absolute atomic E-state index is 0.300. The highest BCUT2D eigenvalue weighted by Crippen LogP contribution is 2.33. The van der Waals surface area contributed by atoms with Crippen LogP contribution in [0.15, 0.2) is 18.2 Å². The van der Waals surface area contributed by atoms with Crippen LogP contribution in [0.1, 0.15) is 0 Å². The summed E-state index contributed by atoms with van der Waals surface area (Å²) in [5.41, 5.74) is 3.45. The first-order valence-electron chi connectivity index (χ1n) is 3.97. The van der Waals surface area contributed by atoms with Gasteiger partial charge in [0, 0.05) is 11.8 Å². The van der Waals surface area contributed by atoms with Crippen LogP contribution < -0.4 is 26.1 Å². The number of hydrogen-bond donors (Lipinski definition) is 3. The Hall–Kier alpha value is -1.46. The van der Waals surface area contributed by atoms with Gasteiger partial charge in [0.05, 0.1) is 6.67 Å². The number of hydrazine groups is 1. The summed E-state index contributed by atoms with van der Waals surface area (Å²) in [6.07, 6.45) is 0. The predicted molar refractivity (Wildman–Crippen MR) is 48.4 cm³/mol. The number of rotatable bonds is 3. The molecular formula is C8H11N3O2. The standard InChI is InChI=1S/C8H11N3O2/c9-11-4-10-6-1-2-7-8(3-6)13-5-12-7/h1-3,10-11H,4-5,9H2. The van der Waals surface area contributed by atoms with Gasteiger partial charge in [0.1, 0.15) is 0 Å². The van der Waals surface area contributed by atoms with Gasteiger partial charge in [0.15, 0.2) is 11.5 Å². The summed E-state index contributed by atoms with van der Waals surface area (Å²) >= 11 is 0. The third-order valence-corrected chi connectivity index (χ3v) is 1.77. The molecule has 1 aromatic carbocycles. The second kappa shape index (κ2) is 3.51. The molecule has 0 aliphatic carbocycles. The van der Waals surface area contributed by atoms with E-state index in [1.54, 1.807) is 0 Å². The molecule has 1 aromatic rings. The van der Waals surface area contributed by atoms with Crippen LogP contribution in [0.4, 0.5) is 5.69 Å². The van der Waals surface area contributed by atoms with Crippen molar-refractivity contribution in [2.45, 2.75) is 0 Å². The van der Waals surface area contributed by atoms with Crippen molar-refractivity contribution < 1.29 is 9.47 Å². The molecule has 0 aromatic heterocycles. The van der Waals surface area contributed by atoms with Gasteiger partial charge in [-0.05, 0) is 12.1 Å². The van der Waals surface area contributed by atoms with Crippen LogP contribution in [0, 0.1) is 0 Å². The first-order chi connectivity index (χ1) is 6.40. The molecule has 0 bridgehead atoms. The van der Waals surface area contributed by atoms with E-state index in [0.717, 1.165) is 17.2 Å². The molecule has 0 unspecified atom stereocenters. The topological polar surface area (TPSA) is 68.5 Å².